The molecule has 1 amide bonds. The number of carbonyl (C=O) groups is 2. The van der Waals surface area contributed by atoms with Gasteiger partial charge in [-0.3, -0.25) is 9.59 Å². The summed E-state index contributed by atoms with van der Waals surface area (Å²) in [6.07, 6.45) is 1.78. The Morgan fingerprint density at radius 2 is 1.66 bits per heavy atom. The molecule has 2 aromatic carbocycles. The minimum Gasteiger partial charge on any atom is -0.507 e. The van der Waals surface area contributed by atoms with Crippen LogP contribution in [0.4, 0.5) is 0 Å². The lowest BCUT2D eigenvalue weighted by Crippen LogP contribution is -2.38. The Kier molecular flexibility index (Phi) is 11.6. The number of ketones is 1. The van der Waals surface area contributed by atoms with Crippen LogP contribution in [0.5, 0.6) is 17.2 Å². The fraction of sp³-hybridized carbons (Fsp3) is 0.515. The smallest absolute Gasteiger partial charge is 0.295 e. The number of likely N-dealkylation sites (N-methyl/N-ethyl adjacent to an activating group) is 1. The molecule has 1 aliphatic rings. The first-order valence-corrected chi connectivity index (χ1v) is 14.7. The average Bonchev–Trinajstić information content (AvgIpc) is 3.21. The third-order valence-electron chi connectivity index (χ3n) is 7.46. The molecule has 1 N–H and O–H groups in total. The first kappa shape index (κ1) is 32.0. The van der Waals surface area contributed by atoms with Crippen LogP contribution in [-0.4, -0.2) is 73.1 Å². The second kappa shape index (κ2) is 14.9. The van der Waals surface area contributed by atoms with E-state index in [1.807, 2.05) is 26.0 Å². The molecule has 1 heterocycles. The summed E-state index contributed by atoms with van der Waals surface area (Å²) in [6.45, 7) is 16.1. The van der Waals surface area contributed by atoms with E-state index in [2.05, 4.69) is 32.6 Å². The van der Waals surface area contributed by atoms with Crippen molar-refractivity contribution in [3.05, 3.63) is 58.7 Å². The Bertz CT molecular complexity index is 1230. The van der Waals surface area contributed by atoms with E-state index >= 15 is 0 Å². The van der Waals surface area contributed by atoms with Gasteiger partial charge in [0.25, 0.3) is 11.7 Å². The lowest BCUT2D eigenvalue weighted by atomic mass is 9.94. The Hall–Kier alpha value is -3.52. The molecule has 1 unspecified atom stereocenters. The Labute approximate surface area is 244 Å². The number of Topliss-reactive ketones (excluding diaryl/α,β-unsaturated/α-hetero) is 1. The molecule has 41 heavy (non-hydrogen) atoms. The summed E-state index contributed by atoms with van der Waals surface area (Å²) in [4.78, 5) is 30.7. The van der Waals surface area contributed by atoms with Crippen molar-refractivity contribution in [1.82, 2.24) is 9.80 Å². The number of ether oxygens (including phenoxy) is 3. The van der Waals surface area contributed by atoms with Gasteiger partial charge in [0.15, 0.2) is 11.5 Å². The quantitative estimate of drug-likeness (QED) is 0.161. The second-order valence-corrected chi connectivity index (χ2v) is 10.8. The van der Waals surface area contributed by atoms with Crippen LogP contribution in [0.1, 0.15) is 70.2 Å². The van der Waals surface area contributed by atoms with Crippen LogP contribution < -0.4 is 14.2 Å². The number of nitrogens with zero attached hydrogens (tertiary/aromatic N) is 2. The third kappa shape index (κ3) is 7.61. The molecule has 1 aliphatic heterocycles. The highest BCUT2D eigenvalue weighted by Crippen LogP contribution is 2.42. The fourth-order valence-electron chi connectivity index (χ4n) is 4.95. The normalized spacial score (nSPS) is 16.6. The third-order valence-corrected chi connectivity index (χ3v) is 7.46. The number of aliphatic hydroxyl groups is 1. The zero-order valence-electron chi connectivity index (χ0n) is 25.7. The molecule has 1 atom stereocenters. The Morgan fingerprint density at radius 3 is 2.27 bits per heavy atom. The maximum absolute atomic E-state index is 13.5. The van der Waals surface area contributed by atoms with Crippen molar-refractivity contribution in [2.45, 2.75) is 60.4 Å². The molecular formula is C33H46N2O6. The highest BCUT2D eigenvalue weighted by Gasteiger charge is 2.46. The summed E-state index contributed by atoms with van der Waals surface area (Å²) < 4.78 is 17.4. The van der Waals surface area contributed by atoms with Gasteiger partial charge in [0.2, 0.25) is 0 Å². The predicted molar refractivity (Wildman–Crippen MR) is 162 cm³/mol. The molecule has 2 aromatic rings. The zero-order valence-corrected chi connectivity index (χ0v) is 25.7. The fourth-order valence-corrected chi connectivity index (χ4v) is 4.95. The largest absolute Gasteiger partial charge is 0.507 e. The Morgan fingerprint density at radius 1 is 0.976 bits per heavy atom. The molecule has 0 spiro atoms. The number of methoxy groups -OCH3 is 1. The zero-order chi connectivity index (χ0) is 30.1. The van der Waals surface area contributed by atoms with Crippen LogP contribution >= 0.6 is 0 Å². The molecule has 0 bridgehead atoms. The first-order valence-electron chi connectivity index (χ1n) is 14.7. The van der Waals surface area contributed by atoms with E-state index in [0.717, 1.165) is 37.2 Å². The van der Waals surface area contributed by atoms with Crippen molar-refractivity contribution in [1.29, 1.82) is 0 Å². The second-order valence-electron chi connectivity index (χ2n) is 10.8. The van der Waals surface area contributed by atoms with Gasteiger partial charge in [0.1, 0.15) is 11.5 Å². The van der Waals surface area contributed by atoms with Crippen molar-refractivity contribution in [3.63, 3.8) is 0 Å². The van der Waals surface area contributed by atoms with Gasteiger partial charge in [-0.15, -0.1) is 0 Å². The molecule has 224 valence electrons. The van der Waals surface area contributed by atoms with Gasteiger partial charge < -0.3 is 29.1 Å². The predicted octanol–water partition coefficient (Wildman–Crippen LogP) is 5.98. The lowest BCUT2D eigenvalue weighted by molar-refractivity contribution is -0.140. The molecule has 8 heteroatoms. The van der Waals surface area contributed by atoms with Crippen LogP contribution in [0.15, 0.2) is 42.0 Å². The van der Waals surface area contributed by atoms with Gasteiger partial charge in [-0.2, -0.15) is 0 Å². The van der Waals surface area contributed by atoms with Gasteiger partial charge in [-0.1, -0.05) is 40.7 Å². The number of hydrogen-bond donors (Lipinski definition) is 1. The van der Waals surface area contributed by atoms with Gasteiger partial charge in [0, 0.05) is 18.7 Å². The molecule has 0 aliphatic carbocycles. The van der Waals surface area contributed by atoms with Gasteiger partial charge in [-0.05, 0) is 80.2 Å². The van der Waals surface area contributed by atoms with Gasteiger partial charge in [-0.25, -0.2) is 0 Å². The minimum absolute atomic E-state index is 0.0618. The van der Waals surface area contributed by atoms with Crippen LogP contribution in [0, 0.1) is 12.8 Å². The highest BCUT2D eigenvalue weighted by molar-refractivity contribution is 6.46. The molecule has 8 nitrogen and oxygen atoms in total. The van der Waals surface area contributed by atoms with E-state index in [1.165, 1.54) is 0 Å². The molecule has 1 fully saturated rings. The van der Waals surface area contributed by atoms with E-state index in [1.54, 1.807) is 36.3 Å². The van der Waals surface area contributed by atoms with Crippen molar-refractivity contribution in [2.75, 3.05) is 46.5 Å². The number of aliphatic hydroxyl groups excluding tert-OH is 1. The molecule has 0 aromatic heterocycles. The molecule has 0 radical (unpaired) electrons. The van der Waals surface area contributed by atoms with E-state index in [0.29, 0.717) is 54.8 Å². The summed E-state index contributed by atoms with van der Waals surface area (Å²) in [5.41, 5.74) is 2.02. The number of benzene rings is 2. The van der Waals surface area contributed by atoms with Crippen LogP contribution in [-0.2, 0) is 9.59 Å². The van der Waals surface area contributed by atoms with Crippen molar-refractivity contribution in [2.24, 2.45) is 5.92 Å². The Balaban J connectivity index is 2.09. The lowest BCUT2D eigenvalue weighted by Gasteiger charge is -2.28. The number of hydrogen-bond acceptors (Lipinski definition) is 7. The number of amides is 1. The van der Waals surface area contributed by atoms with Gasteiger partial charge in [0.05, 0.1) is 31.9 Å². The number of aryl methyl sites for hydroxylation is 1. The van der Waals surface area contributed by atoms with E-state index in [4.69, 9.17) is 14.2 Å². The average molecular weight is 567 g/mol. The topological polar surface area (TPSA) is 88.5 Å². The van der Waals surface area contributed by atoms with E-state index in [9.17, 15) is 14.7 Å². The monoisotopic (exact) mass is 566 g/mol. The van der Waals surface area contributed by atoms with Crippen LogP contribution in [0.25, 0.3) is 5.76 Å². The van der Waals surface area contributed by atoms with Crippen molar-refractivity contribution < 1.29 is 28.9 Å². The van der Waals surface area contributed by atoms with Crippen LogP contribution in [0.3, 0.4) is 0 Å². The molecule has 1 saturated heterocycles. The standard InChI is InChI=1S/C33H46N2O6/c1-8-18-40-26-13-12-25(20-23(26)6)31(36)29-30(35(33(38)32(29)37)17-16-34(9-2)10-3)24-11-14-27(28(21-24)39-7)41-19-15-22(4)5/h11-14,20-22,30,36H,8-10,15-19H2,1-7H3. The first-order chi connectivity index (χ1) is 19.7. The van der Waals surface area contributed by atoms with E-state index in [-0.39, 0.29) is 11.3 Å². The summed E-state index contributed by atoms with van der Waals surface area (Å²) in [5, 5.41) is 11.5. The summed E-state index contributed by atoms with van der Waals surface area (Å²) >= 11 is 0. The number of carbonyl (C=O) groups excluding carboxylic acids is 2. The van der Waals surface area contributed by atoms with E-state index < -0.39 is 17.7 Å². The molecule has 3 rings (SSSR count). The summed E-state index contributed by atoms with van der Waals surface area (Å²) in [5.74, 6) is 0.787. The number of rotatable bonds is 15. The maximum atomic E-state index is 13.5. The van der Waals surface area contributed by atoms with Gasteiger partial charge >= 0.3 is 0 Å². The van der Waals surface area contributed by atoms with Crippen molar-refractivity contribution in [3.8, 4) is 17.2 Å². The minimum atomic E-state index is -0.777. The van der Waals surface area contributed by atoms with Crippen molar-refractivity contribution >= 4 is 17.4 Å². The highest BCUT2D eigenvalue weighted by atomic mass is 16.5. The van der Waals surface area contributed by atoms with Crippen LogP contribution in [0.2, 0.25) is 0 Å². The summed E-state index contributed by atoms with van der Waals surface area (Å²) in [6, 6.07) is 9.97. The SMILES string of the molecule is CCCOc1ccc(C(O)=C2C(=O)C(=O)N(CCN(CC)CC)C2c2ccc(OCCC(C)C)c(OC)c2)cc1C. The molecular weight excluding hydrogens is 520 g/mol. The summed E-state index contributed by atoms with van der Waals surface area (Å²) in [7, 11) is 1.57. The molecule has 0 saturated carbocycles. The number of likely N-dealkylation sites (tertiary alicyclic amines) is 1. The maximum Gasteiger partial charge on any atom is 0.295 e.